The highest BCUT2D eigenvalue weighted by molar-refractivity contribution is 5.81. The Morgan fingerprint density at radius 1 is 1.24 bits per heavy atom. The normalized spacial score (nSPS) is 12.8. The summed E-state index contributed by atoms with van der Waals surface area (Å²) in [6, 6.07) is 7.05. The number of benzene rings is 1. The fourth-order valence-corrected chi connectivity index (χ4v) is 1.72. The molecule has 0 aromatic heterocycles. The third-order valence-corrected chi connectivity index (χ3v) is 2.35. The van der Waals surface area contributed by atoms with Crippen LogP contribution in [-0.2, 0) is 4.79 Å². The van der Waals surface area contributed by atoms with Crippen molar-refractivity contribution in [2.75, 3.05) is 14.1 Å². The molecule has 4 nitrogen and oxygen atoms in total. The SMILES string of the molecule is CC(C)Oc1ccc(C(C(N)=O)N(C)C)cc1. The summed E-state index contributed by atoms with van der Waals surface area (Å²) in [6.07, 6.45) is 0.140. The van der Waals surface area contributed by atoms with Crippen molar-refractivity contribution < 1.29 is 9.53 Å². The first kappa shape index (κ1) is 13.5. The maximum absolute atomic E-state index is 11.4. The number of carbonyl (C=O) groups is 1. The minimum absolute atomic E-state index is 0.140. The number of primary amides is 1. The van der Waals surface area contributed by atoms with Crippen LogP contribution in [0.2, 0.25) is 0 Å². The van der Waals surface area contributed by atoms with Crippen LogP contribution in [0.25, 0.3) is 0 Å². The third kappa shape index (κ3) is 3.75. The molecular formula is C13H20N2O2. The molecule has 1 rings (SSSR count). The first-order valence-electron chi connectivity index (χ1n) is 5.64. The Morgan fingerprint density at radius 3 is 2.12 bits per heavy atom. The standard InChI is InChI=1S/C13H20N2O2/c1-9(2)17-11-7-5-10(6-8-11)12(13(14)16)15(3)4/h5-9,12H,1-4H3,(H2,14,16). The minimum Gasteiger partial charge on any atom is -0.491 e. The number of carbonyl (C=O) groups excluding carboxylic acids is 1. The van der Waals surface area contributed by atoms with Crippen LogP contribution in [0, 0.1) is 0 Å². The zero-order valence-corrected chi connectivity index (χ0v) is 10.8. The number of hydrogen-bond donors (Lipinski definition) is 1. The number of ether oxygens (including phenoxy) is 1. The van der Waals surface area contributed by atoms with Gasteiger partial charge in [-0.2, -0.15) is 0 Å². The van der Waals surface area contributed by atoms with Gasteiger partial charge in [0.25, 0.3) is 0 Å². The molecule has 0 spiro atoms. The Bertz CT molecular complexity index is 372. The molecule has 1 atom stereocenters. The second-order valence-electron chi connectivity index (χ2n) is 4.50. The van der Waals surface area contributed by atoms with Gasteiger partial charge in [0.15, 0.2) is 0 Å². The van der Waals surface area contributed by atoms with Crippen molar-refractivity contribution in [2.45, 2.75) is 26.0 Å². The van der Waals surface area contributed by atoms with Gasteiger partial charge in [-0.15, -0.1) is 0 Å². The molecule has 0 aliphatic heterocycles. The molecule has 1 aromatic rings. The van der Waals surface area contributed by atoms with E-state index in [1.165, 1.54) is 0 Å². The predicted molar refractivity (Wildman–Crippen MR) is 67.8 cm³/mol. The quantitative estimate of drug-likeness (QED) is 0.844. The second kappa shape index (κ2) is 5.68. The van der Waals surface area contributed by atoms with E-state index in [4.69, 9.17) is 10.5 Å². The van der Waals surface area contributed by atoms with Gasteiger partial charge < -0.3 is 10.5 Å². The lowest BCUT2D eigenvalue weighted by Crippen LogP contribution is -2.32. The van der Waals surface area contributed by atoms with Crippen LogP contribution in [-0.4, -0.2) is 31.0 Å². The van der Waals surface area contributed by atoms with Crippen LogP contribution >= 0.6 is 0 Å². The average molecular weight is 236 g/mol. The van der Waals surface area contributed by atoms with Crippen LogP contribution < -0.4 is 10.5 Å². The summed E-state index contributed by atoms with van der Waals surface area (Å²) in [5.41, 5.74) is 6.25. The van der Waals surface area contributed by atoms with Gasteiger partial charge in [0.1, 0.15) is 11.8 Å². The van der Waals surface area contributed by atoms with E-state index >= 15 is 0 Å². The molecule has 0 bridgehead atoms. The van der Waals surface area contributed by atoms with Gasteiger partial charge in [-0.25, -0.2) is 0 Å². The molecule has 0 heterocycles. The number of nitrogens with two attached hydrogens (primary N) is 1. The van der Waals surface area contributed by atoms with Crippen molar-refractivity contribution in [3.05, 3.63) is 29.8 Å². The first-order valence-corrected chi connectivity index (χ1v) is 5.64. The Morgan fingerprint density at radius 2 is 1.76 bits per heavy atom. The molecule has 0 saturated carbocycles. The molecule has 1 aromatic carbocycles. The Kier molecular flexibility index (Phi) is 4.52. The second-order valence-corrected chi connectivity index (χ2v) is 4.50. The van der Waals surface area contributed by atoms with E-state index in [0.717, 1.165) is 11.3 Å². The maximum Gasteiger partial charge on any atom is 0.239 e. The average Bonchev–Trinajstić information content (AvgIpc) is 2.18. The molecule has 4 heteroatoms. The predicted octanol–water partition coefficient (Wildman–Crippen LogP) is 1.56. The lowest BCUT2D eigenvalue weighted by atomic mass is 10.1. The fourth-order valence-electron chi connectivity index (χ4n) is 1.72. The van der Waals surface area contributed by atoms with Crippen LogP contribution in [0.1, 0.15) is 25.5 Å². The van der Waals surface area contributed by atoms with E-state index in [1.807, 2.05) is 52.2 Å². The maximum atomic E-state index is 11.4. The van der Waals surface area contributed by atoms with E-state index in [-0.39, 0.29) is 12.0 Å². The van der Waals surface area contributed by atoms with Crippen LogP contribution in [0.3, 0.4) is 0 Å². The molecule has 94 valence electrons. The van der Waals surface area contributed by atoms with Crippen molar-refractivity contribution in [3.8, 4) is 5.75 Å². The van der Waals surface area contributed by atoms with Gasteiger partial charge in [-0.1, -0.05) is 12.1 Å². The van der Waals surface area contributed by atoms with Gasteiger partial charge in [-0.3, -0.25) is 9.69 Å². The largest absolute Gasteiger partial charge is 0.491 e. The summed E-state index contributed by atoms with van der Waals surface area (Å²) in [7, 11) is 3.65. The van der Waals surface area contributed by atoms with Gasteiger partial charge >= 0.3 is 0 Å². The number of nitrogens with zero attached hydrogens (tertiary/aromatic N) is 1. The van der Waals surface area contributed by atoms with E-state index in [0.29, 0.717) is 0 Å². The highest BCUT2D eigenvalue weighted by Gasteiger charge is 2.19. The first-order chi connectivity index (χ1) is 7.91. The molecular weight excluding hydrogens is 216 g/mol. The lowest BCUT2D eigenvalue weighted by molar-refractivity contribution is -0.122. The molecule has 2 N–H and O–H groups in total. The van der Waals surface area contributed by atoms with Gasteiger partial charge in [0.2, 0.25) is 5.91 Å². The van der Waals surface area contributed by atoms with Crippen LogP contribution in [0.4, 0.5) is 0 Å². The lowest BCUT2D eigenvalue weighted by Gasteiger charge is -2.21. The minimum atomic E-state index is -0.400. The molecule has 0 aliphatic rings. The van der Waals surface area contributed by atoms with E-state index in [9.17, 15) is 4.79 Å². The molecule has 0 fully saturated rings. The number of likely N-dealkylation sites (N-methyl/N-ethyl adjacent to an activating group) is 1. The topological polar surface area (TPSA) is 55.6 Å². The highest BCUT2D eigenvalue weighted by Crippen LogP contribution is 2.21. The molecule has 0 radical (unpaired) electrons. The number of amides is 1. The van der Waals surface area contributed by atoms with Crippen molar-refractivity contribution in [1.29, 1.82) is 0 Å². The van der Waals surface area contributed by atoms with Crippen molar-refractivity contribution in [3.63, 3.8) is 0 Å². The molecule has 1 amide bonds. The van der Waals surface area contributed by atoms with E-state index < -0.39 is 6.04 Å². The third-order valence-electron chi connectivity index (χ3n) is 2.35. The van der Waals surface area contributed by atoms with Gasteiger partial charge in [-0.05, 0) is 45.6 Å². The molecule has 0 saturated heterocycles. The zero-order chi connectivity index (χ0) is 13.0. The summed E-state index contributed by atoms with van der Waals surface area (Å²) in [4.78, 5) is 13.1. The summed E-state index contributed by atoms with van der Waals surface area (Å²) in [6.45, 7) is 3.94. The van der Waals surface area contributed by atoms with Gasteiger partial charge in [0.05, 0.1) is 6.10 Å². The summed E-state index contributed by atoms with van der Waals surface area (Å²) < 4.78 is 5.54. The van der Waals surface area contributed by atoms with Crippen molar-refractivity contribution in [2.24, 2.45) is 5.73 Å². The fraction of sp³-hybridized carbons (Fsp3) is 0.462. The molecule has 17 heavy (non-hydrogen) atoms. The molecule has 1 unspecified atom stereocenters. The highest BCUT2D eigenvalue weighted by atomic mass is 16.5. The van der Waals surface area contributed by atoms with E-state index in [1.54, 1.807) is 4.90 Å². The summed E-state index contributed by atoms with van der Waals surface area (Å²) in [5, 5.41) is 0. The van der Waals surface area contributed by atoms with Crippen molar-refractivity contribution in [1.82, 2.24) is 4.90 Å². The number of rotatable bonds is 5. The summed E-state index contributed by atoms with van der Waals surface area (Å²) >= 11 is 0. The van der Waals surface area contributed by atoms with E-state index in [2.05, 4.69) is 0 Å². The zero-order valence-electron chi connectivity index (χ0n) is 10.8. The molecule has 0 aliphatic carbocycles. The van der Waals surface area contributed by atoms with Crippen LogP contribution in [0.15, 0.2) is 24.3 Å². The Balaban J connectivity index is 2.88. The van der Waals surface area contributed by atoms with Crippen molar-refractivity contribution >= 4 is 5.91 Å². The smallest absolute Gasteiger partial charge is 0.239 e. The van der Waals surface area contributed by atoms with Gasteiger partial charge in [0, 0.05) is 0 Å². The Labute approximate surface area is 102 Å². The monoisotopic (exact) mass is 236 g/mol. The summed E-state index contributed by atoms with van der Waals surface area (Å²) in [5.74, 6) is 0.443. The van der Waals surface area contributed by atoms with Crippen LogP contribution in [0.5, 0.6) is 5.75 Å². The Hall–Kier alpha value is -1.55. The number of hydrogen-bond acceptors (Lipinski definition) is 3.